The fraction of sp³-hybridized carbons (Fsp3) is 0.0625. The molecule has 0 bridgehead atoms. The van der Waals surface area contributed by atoms with Gasteiger partial charge in [0.1, 0.15) is 46.5 Å². The van der Waals surface area contributed by atoms with Crippen molar-refractivity contribution in [1.29, 1.82) is 0 Å². The molecule has 0 aliphatic heterocycles. The van der Waals surface area contributed by atoms with E-state index in [4.69, 9.17) is 33.7 Å². The summed E-state index contributed by atoms with van der Waals surface area (Å²) in [4.78, 5) is 78.7. The molecule has 19 rings (SSSR count). The number of carbonyl (C=O) groups is 3. The number of anilines is 11. The van der Waals surface area contributed by atoms with E-state index in [2.05, 4.69) is 274 Å². The van der Waals surface area contributed by atoms with Crippen molar-refractivity contribution in [3.05, 3.63) is 445 Å². The monoisotopic (exact) mass is 2170 g/mol. The number of isothiocyanates is 1. The van der Waals surface area contributed by atoms with Gasteiger partial charge in [-0.05, 0) is 192 Å². The molecule has 0 spiro atoms. The van der Waals surface area contributed by atoms with Gasteiger partial charge in [0.05, 0.1) is 27.6 Å². The molecular formula is C112H99BrF4N21NaO4S6. The number of hydrogen-bond donors (Lipinski definition) is 9. The number of carbonyl (C=O) groups excluding carboxylic acids is 3. The zero-order valence-corrected chi connectivity index (χ0v) is 89.9. The normalized spacial score (nSPS) is 9.85. The minimum absolute atomic E-state index is 0. The fourth-order valence-electron chi connectivity index (χ4n) is 12.7. The molecule has 37 heteroatoms. The largest absolute Gasteiger partial charge is 1.00 e. The number of nitrogens with two attached hydrogens (primary N) is 2. The predicted octanol–water partition coefficient (Wildman–Crippen LogP) is 23.7. The van der Waals surface area contributed by atoms with Crippen LogP contribution < -0.4 is 88.0 Å². The second-order valence-corrected chi connectivity index (χ2v) is 35.1. The molecular weight excluding hydrogens is 2070 g/mol. The number of aromatic nitrogens is 9. The molecule has 25 nitrogen and oxygen atoms in total. The van der Waals surface area contributed by atoms with Crippen LogP contribution in [0.1, 0.15) is 31.1 Å². The van der Waals surface area contributed by atoms with Crippen LogP contribution in [0.4, 0.5) is 79.5 Å². The van der Waals surface area contributed by atoms with Gasteiger partial charge in [-0.25, -0.2) is 44.9 Å². The fourth-order valence-corrected chi connectivity index (χ4v) is 15.6. The number of nitrogens with zero attached hydrogens (tertiary/aromatic N) is 12. The topological polar surface area (TPSA) is 352 Å². The van der Waals surface area contributed by atoms with E-state index >= 15 is 0 Å². The third-order valence-electron chi connectivity index (χ3n) is 19.7. The average molecular weight is 2170 g/mol. The van der Waals surface area contributed by atoms with Crippen molar-refractivity contribution in [2.75, 3.05) is 89.7 Å². The van der Waals surface area contributed by atoms with Crippen molar-refractivity contribution in [3.63, 3.8) is 0 Å². The van der Waals surface area contributed by atoms with Crippen molar-refractivity contribution in [3.8, 4) is 78.3 Å². The average Bonchev–Trinajstić information content (AvgIpc) is 1.74. The third-order valence-corrected chi connectivity index (χ3v) is 22.9. The number of pyridine rings is 6. The van der Waals surface area contributed by atoms with Crippen LogP contribution in [0, 0.1) is 23.8 Å². The first-order valence-electron chi connectivity index (χ1n) is 44.8. The zero-order valence-electron chi connectivity index (χ0n) is 81.4. The molecule has 0 radical (unpaired) electrons. The molecule has 0 atom stereocenters. The van der Waals surface area contributed by atoms with Crippen LogP contribution in [0.3, 0.4) is 0 Å². The molecule has 19 aromatic rings. The Morgan fingerprint density at radius 2 is 0.638 bits per heavy atom. The number of hydrogen-bond acceptors (Lipinski definition) is 26. The van der Waals surface area contributed by atoms with Crippen LogP contribution in [0.25, 0.3) is 78.3 Å². The molecule has 0 saturated heterocycles. The van der Waals surface area contributed by atoms with Gasteiger partial charge in [0.25, 0.3) is 11.8 Å². The Labute approximate surface area is 919 Å². The standard InChI is InChI=1S/2C22H20N4S.C20H14FN3S.C14H11BrO.C13H10FN3OS.C8H5NOS.C6H6FN3S.C5H5FN2.C2H7N.Na.H2O/c2*1-26(2)21-10-6-9-20(24-21)25-22-23-19(15-27-22)18-13-11-17(12-14-18)16-7-4-3-5-8-16;21-18-7-4-8-19(23-18)24-20-22-17(13-25-20)16-11-9-15(10-12-16)14-5-2-1-3-6-14;15-10-14(16)13-8-6-12(7-9-13)11-4-2-1-3-5-11;14-10-7-4-8-11(15-10)16-13(19)17-12(18)9-5-2-1-3-6-9;10-8(9-6-11)7-4-2-1-3-5-7;7-4-2-1-3-5(9-4)10-6(8)11;6-4-2-1-3-5(7)8-4;1-3-2;;/h2*3-15H,1-2H3,(H,23,24,25);1-13H,(H,22,23,24);1-9H,10H2;1-8H,(H2,15,16,17,18,19);1-5H;1-3H,(H3,8,9,10,11);1-3H,(H2,7,8);3H,1-2H3;;1H2/q;;;;;;;;;+1;/p-1. The summed E-state index contributed by atoms with van der Waals surface area (Å²) in [5.74, 6) is 1.80. The van der Waals surface area contributed by atoms with E-state index in [1.807, 2.05) is 184 Å². The van der Waals surface area contributed by atoms with E-state index in [1.54, 1.807) is 95.5 Å². The SMILES string of the molecule is CN(C)c1cccc(Nc2nc(-c3ccc(-c4ccccc4)cc3)cs2)n1.CN(C)c1cccc(Nc2nc(-c3ccc(-c4ccccc4)cc3)cs2)n1.CNC.Fc1cccc(Nc2nc(-c3ccc(-c4ccccc4)cc3)cs2)n1.NC(=S)Nc1cccc(F)n1.Nc1cccc(F)n1.O=C(CBr)c1ccc(-c2ccccc2)cc1.O=C(N=C=S)c1ccccc1.O=C(NC(=S)Nc1cccc(F)n1)c1ccccc1.[Na+].[OH-]. The van der Waals surface area contributed by atoms with Gasteiger partial charge in [-0.2, -0.15) is 22.6 Å². The first kappa shape index (κ1) is 117. The molecule has 9 heterocycles. The molecule has 0 unspecified atom stereocenters. The third kappa shape index (κ3) is 40.1. The van der Waals surface area contributed by atoms with Crippen LogP contribution in [0.2, 0.25) is 0 Å². The number of Topliss-reactive ketones (excluding diaryl/α,β-unsaturated/α-hetero) is 1. The molecule has 9 aromatic heterocycles. The number of rotatable bonds is 21. The van der Waals surface area contributed by atoms with Gasteiger partial charge in [-0.15, -0.1) is 34.0 Å². The van der Waals surface area contributed by atoms with Crippen molar-refractivity contribution in [2.45, 2.75) is 0 Å². The summed E-state index contributed by atoms with van der Waals surface area (Å²) in [7, 11) is 11.7. The number of thiazole rings is 3. The first-order chi connectivity index (χ1) is 71.3. The number of amides is 2. The molecule has 0 saturated carbocycles. The summed E-state index contributed by atoms with van der Waals surface area (Å²) >= 11 is 21.5. The van der Waals surface area contributed by atoms with Gasteiger partial charge in [0.2, 0.25) is 23.8 Å². The van der Waals surface area contributed by atoms with E-state index in [9.17, 15) is 31.9 Å². The van der Waals surface area contributed by atoms with E-state index < -0.39 is 23.8 Å². The van der Waals surface area contributed by atoms with Gasteiger partial charge in [0.15, 0.2) is 31.4 Å². The minimum Gasteiger partial charge on any atom is -0.870 e. The van der Waals surface area contributed by atoms with Crippen LogP contribution in [-0.4, -0.2) is 131 Å². The summed E-state index contributed by atoms with van der Waals surface area (Å²) in [5, 5.41) is 31.0. The second kappa shape index (κ2) is 62.8. The summed E-state index contributed by atoms with van der Waals surface area (Å²) in [5.41, 5.74) is 27.6. The number of alkyl halides is 1. The van der Waals surface area contributed by atoms with Crippen LogP contribution in [0.15, 0.2) is 409 Å². The molecule has 748 valence electrons. The maximum atomic E-state index is 13.1. The summed E-state index contributed by atoms with van der Waals surface area (Å²) in [6.07, 6.45) is 0. The first-order valence-corrected chi connectivity index (χ1v) is 49.8. The molecule has 2 amide bonds. The number of nitrogen functional groups attached to an aromatic ring is 1. The predicted molar refractivity (Wildman–Crippen MR) is 610 cm³/mol. The number of nitrogens with one attached hydrogen (secondary N) is 7. The number of aliphatic imine (C=N–C) groups is 1. The van der Waals surface area contributed by atoms with Gasteiger partial charge in [-0.1, -0.05) is 307 Å². The summed E-state index contributed by atoms with van der Waals surface area (Å²) in [6.45, 7) is 0. The van der Waals surface area contributed by atoms with Crippen molar-refractivity contribution >= 4 is 182 Å². The number of benzene rings is 10. The molecule has 0 aliphatic rings. The summed E-state index contributed by atoms with van der Waals surface area (Å²) < 4.78 is 50.4. The Kier molecular flexibility index (Phi) is 49.2. The van der Waals surface area contributed by atoms with Gasteiger partial charge >= 0.3 is 29.6 Å². The Hall–Kier alpha value is -15.9. The number of thiocarbonyl (C=S) groups is 3. The Morgan fingerprint density at radius 1 is 0.356 bits per heavy atom. The van der Waals surface area contributed by atoms with E-state index in [1.165, 1.54) is 98.8 Å². The molecule has 12 N–H and O–H groups in total. The number of halogens is 5. The van der Waals surface area contributed by atoms with Crippen molar-refractivity contribution in [2.24, 2.45) is 10.7 Å². The minimum atomic E-state index is -0.623. The molecule has 0 fully saturated rings. The second-order valence-electron chi connectivity index (χ2n) is 30.9. The Morgan fingerprint density at radius 3 is 0.946 bits per heavy atom. The van der Waals surface area contributed by atoms with Gasteiger partial charge in [0, 0.05) is 77.7 Å². The van der Waals surface area contributed by atoms with Crippen LogP contribution in [0.5, 0.6) is 0 Å². The summed E-state index contributed by atoms with van der Waals surface area (Å²) in [6, 6.07) is 121. The van der Waals surface area contributed by atoms with Gasteiger partial charge < -0.3 is 58.6 Å². The molecule has 149 heavy (non-hydrogen) atoms. The maximum Gasteiger partial charge on any atom is 1.00 e. The molecule has 0 aliphatic carbocycles. The van der Waals surface area contributed by atoms with Crippen LogP contribution >= 0.6 is 86.6 Å². The zero-order chi connectivity index (χ0) is 104. The number of ketones is 1. The quantitative estimate of drug-likeness (QED) is 0.00614. The van der Waals surface area contributed by atoms with E-state index in [-0.39, 0.29) is 74.5 Å². The maximum absolute atomic E-state index is 13.1. The molecule has 10 aromatic carbocycles. The Bertz CT molecular complexity index is 7240. The van der Waals surface area contributed by atoms with Gasteiger partial charge in [-0.3, -0.25) is 19.7 Å². The van der Waals surface area contributed by atoms with E-state index in [0.29, 0.717) is 33.2 Å². The van der Waals surface area contributed by atoms with E-state index in [0.717, 1.165) is 78.4 Å². The van der Waals surface area contributed by atoms with Crippen molar-refractivity contribution < 1.29 is 67.0 Å². The Balaban J connectivity index is 0.000000193. The van der Waals surface area contributed by atoms with Crippen molar-refractivity contribution in [1.82, 2.24) is 55.5 Å². The smallest absolute Gasteiger partial charge is 0.870 e. The van der Waals surface area contributed by atoms with Crippen LogP contribution in [-0.2, 0) is 0 Å².